The Morgan fingerprint density at radius 3 is 2.71 bits per heavy atom. The standard InChI is InChI=1S/C12H12N4O/c1-16(11-5-4-10(13)8-15-11)12(17)9-3-2-6-14-7-9/h2-8H,13H2,1H3. The van der Waals surface area contributed by atoms with Crippen molar-refractivity contribution in [2.75, 3.05) is 17.7 Å². The second-order valence-corrected chi connectivity index (χ2v) is 3.56. The van der Waals surface area contributed by atoms with Crippen molar-refractivity contribution < 1.29 is 4.79 Å². The third-order valence-electron chi connectivity index (χ3n) is 2.33. The predicted molar refractivity (Wildman–Crippen MR) is 65.6 cm³/mol. The summed E-state index contributed by atoms with van der Waals surface area (Å²) in [6.45, 7) is 0. The third kappa shape index (κ3) is 2.39. The highest BCUT2D eigenvalue weighted by molar-refractivity contribution is 6.04. The van der Waals surface area contributed by atoms with Gasteiger partial charge in [-0.25, -0.2) is 4.98 Å². The smallest absolute Gasteiger partial charge is 0.260 e. The van der Waals surface area contributed by atoms with Crippen LogP contribution >= 0.6 is 0 Å². The maximum atomic E-state index is 12.0. The highest BCUT2D eigenvalue weighted by Crippen LogP contribution is 2.13. The summed E-state index contributed by atoms with van der Waals surface area (Å²) in [5, 5.41) is 0. The van der Waals surface area contributed by atoms with Gasteiger partial charge in [-0.2, -0.15) is 0 Å². The molecular weight excluding hydrogens is 216 g/mol. The highest BCUT2D eigenvalue weighted by atomic mass is 16.2. The molecule has 2 aromatic rings. The lowest BCUT2D eigenvalue weighted by atomic mass is 10.2. The molecule has 17 heavy (non-hydrogen) atoms. The summed E-state index contributed by atoms with van der Waals surface area (Å²) in [5.74, 6) is 0.392. The molecule has 5 nitrogen and oxygen atoms in total. The number of aromatic nitrogens is 2. The van der Waals surface area contributed by atoms with Crippen molar-refractivity contribution in [1.29, 1.82) is 0 Å². The average molecular weight is 228 g/mol. The first-order valence-corrected chi connectivity index (χ1v) is 5.08. The van der Waals surface area contributed by atoms with Crippen LogP contribution < -0.4 is 10.6 Å². The van der Waals surface area contributed by atoms with Gasteiger partial charge in [-0.3, -0.25) is 14.7 Å². The van der Waals surface area contributed by atoms with Crippen LogP contribution in [-0.2, 0) is 0 Å². The molecule has 0 spiro atoms. The van der Waals surface area contributed by atoms with Crippen molar-refractivity contribution in [1.82, 2.24) is 9.97 Å². The number of hydrogen-bond acceptors (Lipinski definition) is 4. The van der Waals surface area contributed by atoms with E-state index < -0.39 is 0 Å². The van der Waals surface area contributed by atoms with Gasteiger partial charge in [-0.1, -0.05) is 0 Å². The van der Waals surface area contributed by atoms with E-state index in [-0.39, 0.29) is 5.91 Å². The first-order valence-electron chi connectivity index (χ1n) is 5.08. The maximum absolute atomic E-state index is 12.0. The molecule has 0 aliphatic heterocycles. The van der Waals surface area contributed by atoms with E-state index in [4.69, 9.17) is 5.73 Å². The lowest BCUT2D eigenvalue weighted by Gasteiger charge is -2.15. The number of nitrogens with two attached hydrogens (primary N) is 1. The summed E-state index contributed by atoms with van der Waals surface area (Å²) in [6, 6.07) is 6.83. The molecule has 0 fully saturated rings. The molecule has 5 heteroatoms. The van der Waals surface area contributed by atoms with Gasteiger partial charge in [0, 0.05) is 19.4 Å². The zero-order valence-electron chi connectivity index (χ0n) is 9.37. The number of carbonyl (C=O) groups excluding carboxylic acids is 1. The van der Waals surface area contributed by atoms with Crippen LogP contribution in [-0.4, -0.2) is 22.9 Å². The van der Waals surface area contributed by atoms with Gasteiger partial charge in [0.2, 0.25) is 0 Å². The number of anilines is 2. The number of nitrogen functional groups attached to an aromatic ring is 1. The minimum Gasteiger partial charge on any atom is -0.397 e. The summed E-state index contributed by atoms with van der Waals surface area (Å²) < 4.78 is 0. The van der Waals surface area contributed by atoms with Crippen LogP contribution in [0.15, 0.2) is 42.9 Å². The van der Waals surface area contributed by atoms with Crippen LogP contribution in [0.3, 0.4) is 0 Å². The van der Waals surface area contributed by atoms with Crippen molar-refractivity contribution >= 4 is 17.4 Å². The fourth-order valence-electron chi connectivity index (χ4n) is 1.38. The van der Waals surface area contributed by atoms with Gasteiger partial charge in [0.05, 0.1) is 17.4 Å². The molecule has 0 saturated carbocycles. The molecule has 0 aliphatic carbocycles. The highest BCUT2D eigenvalue weighted by Gasteiger charge is 2.13. The molecule has 2 aromatic heterocycles. The van der Waals surface area contributed by atoms with Crippen molar-refractivity contribution in [3.8, 4) is 0 Å². The van der Waals surface area contributed by atoms with Crippen LogP contribution in [0.2, 0.25) is 0 Å². The zero-order chi connectivity index (χ0) is 12.3. The number of rotatable bonds is 2. The number of pyridine rings is 2. The van der Waals surface area contributed by atoms with Gasteiger partial charge >= 0.3 is 0 Å². The largest absolute Gasteiger partial charge is 0.397 e. The van der Waals surface area contributed by atoms with E-state index in [0.717, 1.165) is 0 Å². The van der Waals surface area contributed by atoms with E-state index in [0.29, 0.717) is 17.1 Å². The van der Waals surface area contributed by atoms with Gasteiger partial charge in [0.25, 0.3) is 5.91 Å². The molecule has 0 atom stereocenters. The minimum absolute atomic E-state index is 0.157. The number of carbonyl (C=O) groups is 1. The summed E-state index contributed by atoms with van der Waals surface area (Å²) in [6.07, 6.45) is 4.66. The van der Waals surface area contributed by atoms with Crippen molar-refractivity contribution in [3.05, 3.63) is 48.4 Å². The van der Waals surface area contributed by atoms with Gasteiger partial charge in [0.15, 0.2) is 0 Å². The zero-order valence-corrected chi connectivity index (χ0v) is 9.37. The summed E-state index contributed by atoms with van der Waals surface area (Å²) in [5.41, 5.74) is 6.63. The van der Waals surface area contributed by atoms with Crippen LogP contribution in [0.1, 0.15) is 10.4 Å². The number of amides is 1. The molecule has 0 unspecified atom stereocenters. The first kappa shape index (κ1) is 11.1. The van der Waals surface area contributed by atoms with Crippen LogP contribution in [0, 0.1) is 0 Å². The lowest BCUT2D eigenvalue weighted by Crippen LogP contribution is -2.27. The molecule has 0 aromatic carbocycles. The van der Waals surface area contributed by atoms with Crippen molar-refractivity contribution in [2.45, 2.75) is 0 Å². The normalized spacial score (nSPS) is 9.94. The first-order chi connectivity index (χ1) is 8.18. The summed E-state index contributed by atoms with van der Waals surface area (Å²) in [7, 11) is 1.66. The molecular formula is C12H12N4O. The van der Waals surface area contributed by atoms with E-state index in [1.165, 1.54) is 17.3 Å². The van der Waals surface area contributed by atoms with Crippen molar-refractivity contribution in [2.24, 2.45) is 0 Å². The lowest BCUT2D eigenvalue weighted by molar-refractivity contribution is 0.0992. The molecule has 2 rings (SSSR count). The van der Waals surface area contributed by atoms with E-state index >= 15 is 0 Å². The third-order valence-corrected chi connectivity index (χ3v) is 2.33. The Hall–Kier alpha value is -2.43. The summed E-state index contributed by atoms with van der Waals surface area (Å²) >= 11 is 0. The Morgan fingerprint density at radius 1 is 1.29 bits per heavy atom. The van der Waals surface area contributed by atoms with Crippen LogP contribution in [0.25, 0.3) is 0 Å². The Morgan fingerprint density at radius 2 is 2.12 bits per heavy atom. The van der Waals surface area contributed by atoms with Gasteiger partial charge in [0.1, 0.15) is 5.82 Å². The average Bonchev–Trinajstić information content (AvgIpc) is 2.39. The molecule has 0 radical (unpaired) electrons. The second-order valence-electron chi connectivity index (χ2n) is 3.56. The van der Waals surface area contributed by atoms with E-state index in [9.17, 15) is 4.79 Å². The van der Waals surface area contributed by atoms with E-state index in [1.807, 2.05) is 0 Å². The minimum atomic E-state index is -0.157. The summed E-state index contributed by atoms with van der Waals surface area (Å²) in [4.78, 5) is 21.5. The Labute approximate surface area is 98.9 Å². The maximum Gasteiger partial charge on any atom is 0.260 e. The van der Waals surface area contributed by atoms with Crippen LogP contribution in [0.4, 0.5) is 11.5 Å². The Balaban J connectivity index is 2.23. The Kier molecular flexibility index (Phi) is 3.00. The fourth-order valence-corrected chi connectivity index (χ4v) is 1.38. The predicted octanol–water partition coefficient (Wildman–Crippen LogP) is 1.34. The molecule has 2 heterocycles. The topological polar surface area (TPSA) is 72.1 Å². The van der Waals surface area contributed by atoms with Gasteiger partial charge < -0.3 is 5.73 Å². The molecule has 86 valence electrons. The number of nitrogens with zero attached hydrogens (tertiary/aromatic N) is 3. The van der Waals surface area contributed by atoms with Gasteiger partial charge in [-0.15, -0.1) is 0 Å². The van der Waals surface area contributed by atoms with E-state index in [2.05, 4.69) is 9.97 Å². The molecule has 2 N–H and O–H groups in total. The van der Waals surface area contributed by atoms with Crippen LogP contribution in [0.5, 0.6) is 0 Å². The SMILES string of the molecule is CN(C(=O)c1cccnc1)c1ccc(N)cn1. The van der Waals surface area contributed by atoms with Crippen molar-refractivity contribution in [3.63, 3.8) is 0 Å². The Bertz CT molecular complexity index is 510. The van der Waals surface area contributed by atoms with Gasteiger partial charge in [-0.05, 0) is 24.3 Å². The molecule has 0 bridgehead atoms. The fraction of sp³-hybridized carbons (Fsp3) is 0.0833. The molecule has 1 amide bonds. The quantitative estimate of drug-likeness (QED) is 0.841. The second kappa shape index (κ2) is 4.61. The molecule has 0 saturated heterocycles. The number of hydrogen-bond donors (Lipinski definition) is 1. The van der Waals surface area contributed by atoms with E-state index in [1.54, 1.807) is 37.5 Å². The molecule has 0 aliphatic rings. The monoisotopic (exact) mass is 228 g/mol.